The summed E-state index contributed by atoms with van der Waals surface area (Å²) in [4.78, 5) is 16.6. The molecular formula is C20H14F2N4O. The molecule has 4 aromatic rings. The van der Waals surface area contributed by atoms with Gasteiger partial charge >= 0.3 is 6.03 Å². The number of rotatable bonds is 3. The summed E-state index contributed by atoms with van der Waals surface area (Å²) in [5.41, 5.74) is 2.96. The van der Waals surface area contributed by atoms with Crippen molar-refractivity contribution in [3.8, 4) is 11.3 Å². The molecule has 0 atom stereocenters. The second-order valence-electron chi connectivity index (χ2n) is 5.91. The third kappa shape index (κ3) is 3.77. The van der Waals surface area contributed by atoms with Gasteiger partial charge in [-0.05, 0) is 36.4 Å². The first-order valence-corrected chi connectivity index (χ1v) is 8.15. The van der Waals surface area contributed by atoms with Crippen LogP contribution in [0, 0.1) is 11.6 Å². The Kier molecular flexibility index (Phi) is 4.25. The Hall–Kier alpha value is -3.74. The van der Waals surface area contributed by atoms with Gasteiger partial charge in [0.2, 0.25) is 0 Å². The molecule has 0 aliphatic carbocycles. The van der Waals surface area contributed by atoms with E-state index in [4.69, 9.17) is 0 Å². The van der Waals surface area contributed by atoms with Crippen molar-refractivity contribution >= 4 is 23.1 Å². The van der Waals surface area contributed by atoms with Gasteiger partial charge in [-0.2, -0.15) is 0 Å². The lowest BCUT2D eigenvalue weighted by molar-refractivity contribution is 0.262. The van der Waals surface area contributed by atoms with Gasteiger partial charge in [0, 0.05) is 35.4 Å². The van der Waals surface area contributed by atoms with E-state index >= 15 is 0 Å². The van der Waals surface area contributed by atoms with Crippen molar-refractivity contribution in [2.75, 3.05) is 10.6 Å². The summed E-state index contributed by atoms with van der Waals surface area (Å²) in [5.74, 6) is -1.53. The summed E-state index contributed by atoms with van der Waals surface area (Å²) in [6.07, 6.45) is 3.80. The van der Waals surface area contributed by atoms with Crippen molar-refractivity contribution in [2.24, 2.45) is 0 Å². The largest absolute Gasteiger partial charge is 0.323 e. The van der Waals surface area contributed by atoms with Crippen LogP contribution in [0.4, 0.5) is 25.0 Å². The first-order chi connectivity index (χ1) is 13.1. The number of pyridine rings is 1. The summed E-state index contributed by atoms with van der Waals surface area (Å²) >= 11 is 0. The van der Waals surface area contributed by atoms with Crippen LogP contribution in [0.25, 0.3) is 16.9 Å². The molecule has 0 saturated carbocycles. The standard InChI is InChI=1S/C20H14F2N4O/c21-14-9-15(22)11-17(10-14)24-20(27)23-16-5-3-4-13(8-16)18-12-26-7-2-1-6-19(26)25-18/h1-12H,(H2,23,24,27). The van der Waals surface area contributed by atoms with Crippen LogP contribution in [0.1, 0.15) is 0 Å². The maximum absolute atomic E-state index is 13.2. The highest BCUT2D eigenvalue weighted by molar-refractivity contribution is 6.00. The molecule has 0 aliphatic heterocycles. The molecule has 0 unspecified atom stereocenters. The molecule has 4 rings (SSSR count). The number of fused-ring (bicyclic) bond motifs is 1. The third-order valence-electron chi connectivity index (χ3n) is 3.90. The number of hydrogen-bond donors (Lipinski definition) is 2. The summed E-state index contributed by atoms with van der Waals surface area (Å²) in [6.45, 7) is 0. The second kappa shape index (κ2) is 6.87. The first-order valence-electron chi connectivity index (χ1n) is 8.15. The van der Waals surface area contributed by atoms with Crippen molar-refractivity contribution in [3.63, 3.8) is 0 Å². The number of halogens is 2. The fraction of sp³-hybridized carbons (Fsp3) is 0. The van der Waals surface area contributed by atoms with Crippen molar-refractivity contribution in [2.45, 2.75) is 0 Å². The van der Waals surface area contributed by atoms with Gasteiger partial charge in [0.25, 0.3) is 0 Å². The van der Waals surface area contributed by atoms with E-state index in [-0.39, 0.29) is 5.69 Å². The first kappa shape index (κ1) is 16.7. The van der Waals surface area contributed by atoms with Gasteiger partial charge < -0.3 is 15.0 Å². The molecule has 0 saturated heterocycles. The van der Waals surface area contributed by atoms with E-state index in [9.17, 15) is 13.6 Å². The number of carbonyl (C=O) groups excluding carboxylic acids is 1. The molecule has 2 heterocycles. The van der Waals surface area contributed by atoms with Crippen molar-refractivity contribution < 1.29 is 13.6 Å². The van der Waals surface area contributed by atoms with Gasteiger partial charge in [-0.3, -0.25) is 0 Å². The lowest BCUT2D eigenvalue weighted by Crippen LogP contribution is -2.19. The topological polar surface area (TPSA) is 58.4 Å². The van der Waals surface area contributed by atoms with Crippen LogP contribution < -0.4 is 10.6 Å². The highest BCUT2D eigenvalue weighted by atomic mass is 19.1. The quantitative estimate of drug-likeness (QED) is 0.542. The maximum Gasteiger partial charge on any atom is 0.323 e. The maximum atomic E-state index is 13.2. The van der Waals surface area contributed by atoms with E-state index in [1.165, 1.54) is 0 Å². The minimum absolute atomic E-state index is 0.0292. The monoisotopic (exact) mass is 364 g/mol. The molecule has 2 amide bonds. The molecular weight excluding hydrogens is 350 g/mol. The molecule has 27 heavy (non-hydrogen) atoms. The normalized spacial score (nSPS) is 10.7. The Morgan fingerprint density at radius 1 is 0.889 bits per heavy atom. The number of amides is 2. The van der Waals surface area contributed by atoms with E-state index in [1.807, 2.05) is 41.1 Å². The highest BCUT2D eigenvalue weighted by Gasteiger charge is 2.08. The molecule has 2 N–H and O–H groups in total. The van der Waals surface area contributed by atoms with Crippen LogP contribution in [0.15, 0.2) is 73.1 Å². The molecule has 0 fully saturated rings. The molecule has 2 aromatic heterocycles. The number of hydrogen-bond acceptors (Lipinski definition) is 2. The van der Waals surface area contributed by atoms with Gasteiger partial charge in [-0.1, -0.05) is 18.2 Å². The molecule has 134 valence electrons. The van der Waals surface area contributed by atoms with Gasteiger partial charge in [-0.25, -0.2) is 18.6 Å². The van der Waals surface area contributed by atoms with Gasteiger partial charge in [0.1, 0.15) is 17.3 Å². The second-order valence-corrected chi connectivity index (χ2v) is 5.91. The SMILES string of the molecule is O=C(Nc1cc(F)cc(F)c1)Nc1cccc(-c2cn3ccccc3n2)c1. The van der Waals surface area contributed by atoms with Crippen molar-refractivity contribution in [1.29, 1.82) is 0 Å². The summed E-state index contributed by atoms with van der Waals surface area (Å²) < 4.78 is 28.3. The van der Waals surface area contributed by atoms with Gasteiger partial charge in [-0.15, -0.1) is 0 Å². The van der Waals surface area contributed by atoms with Gasteiger partial charge in [0.15, 0.2) is 0 Å². The zero-order chi connectivity index (χ0) is 18.8. The Balaban J connectivity index is 1.52. The Bertz CT molecular complexity index is 1090. The fourth-order valence-corrected chi connectivity index (χ4v) is 2.75. The van der Waals surface area contributed by atoms with E-state index in [1.54, 1.807) is 18.2 Å². The lowest BCUT2D eigenvalue weighted by atomic mass is 10.1. The molecule has 0 radical (unpaired) electrons. The minimum atomic E-state index is -0.765. The molecule has 0 aliphatic rings. The fourth-order valence-electron chi connectivity index (χ4n) is 2.75. The predicted molar refractivity (Wildman–Crippen MR) is 99.6 cm³/mol. The zero-order valence-electron chi connectivity index (χ0n) is 14.0. The van der Waals surface area contributed by atoms with Crippen LogP contribution in [-0.4, -0.2) is 15.4 Å². The van der Waals surface area contributed by atoms with E-state index < -0.39 is 17.7 Å². The number of nitrogens with zero attached hydrogens (tertiary/aromatic N) is 2. The van der Waals surface area contributed by atoms with Crippen LogP contribution >= 0.6 is 0 Å². The zero-order valence-corrected chi connectivity index (χ0v) is 14.0. The van der Waals surface area contributed by atoms with Crippen LogP contribution in [0.3, 0.4) is 0 Å². The van der Waals surface area contributed by atoms with Crippen molar-refractivity contribution in [1.82, 2.24) is 9.38 Å². The molecule has 7 heteroatoms. The Morgan fingerprint density at radius 3 is 2.44 bits per heavy atom. The number of imidazole rings is 1. The van der Waals surface area contributed by atoms with Crippen LogP contribution in [0.5, 0.6) is 0 Å². The number of urea groups is 1. The number of carbonyl (C=O) groups is 1. The number of anilines is 2. The lowest BCUT2D eigenvalue weighted by Gasteiger charge is -2.09. The highest BCUT2D eigenvalue weighted by Crippen LogP contribution is 2.23. The smallest absolute Gasteiger partial charge is 0.308 e. The molecule has 5 nitrogen and oxygen atoms in total. The minimum Gasteiger partial charge on any atom is -0.308 e. The molecule has 0 spiro atoms. The van der Waals surface area contributed by atoms with E-state index in [0.29, 0.717) is 5.69 Å². The average molecular weight is 364 g/mol. The Morgan fingerprint density at radius 2 is 1.67 bits per heavy atom. The van der Waals surface area contributed by atoms with E-state index in [2.05, 4.69) is 15.6 Å². The summed E-state index contributed by atoms with van der Waals surface area (Å²) in [5, 5.41) is 5.05. The Labute approximate surface area is 153 Å². The number of nitrogens with one attached hydrogen (secondary N) is 2. The summed E-state index contributed by atoms with van der Waals surface area (Å²) in [6, 6.07) is 15.1. The van der Waals surface area contributed by atoms with Crippen LogP contribution in [0.2, 0.25) is 0 Å². The third-order valence-corrected chi connectivity index (χ3v) is 3.90. The van der Waals surface area contributed by atoms with Gasteiger partial charge in [0.05, 0.1) is 5.69 Å². The van der Waals surface area contributed by atoms with Crippen molar-refractivity contribution in [3.05, 3.63) is 84.7 Å². The number of aromatic nitrogens is 2. The van der Waals surface area contributed by atoms with Crippen LogP contribution in [-0.2, 0) is 0 Å². The summed E-state index contributed by atoms with van der Waals surface area (Å²) in [7, 11) is 0. The predicted octanol–water partition coefficient (Wildman–Crippen LogP) is 4.92. The average Bonchev–Trinajstić information content (AvgIpc) is 3.05. The molecule has 2 aromatic carbocycles. The molecule has 0 bridgehead atoms. The number of benzene rings is 2. The van der Waals surface area contributed by atoms with E-state index in [0.717, 1.165) is 35.1 Å².